The summed E-state index contributed by atoms with van der Waals surface area (Å²) in [5.74, 6) is 0. The van der Waals surface area contributed by atoms with Gasteiger partial charge in [0.2, 0.25) is 0 Å². The van der Waals surface area contributed by atoms with Crippen LogP contribution < -0.4 is 0 Å². The molecule has 0 aliphatic carbocycles. The molecular formula is C9H5ClF3NO2S2. The lowest BCUT2D eigenvalue weighted by Gasteiger charge is -2.10. The van der Waals surface area contributed by atoms with Crippen LogP contribution in [0.3, 0.4) is 0 Å². The van der Waals surface area contributed by atoms with E-state index in [4.69, 9.17) is 15.9 Å². The second-order valence-electron chi connectivity index (χ2n) is 3.21. The van der Waals surface area contributed by atoms with Gasteiger partial charge in [-0.1, -0.05) is 0 Å². The number of halogens is 4. The van der Waals surface area contributed by atoms with Gasteiger partial charge in [0.1, 0.15) is 6.07 Å². The Balaban J connectivity index is 3.43. The zero-order valence-corrected chi connectivity index (χ0v) is 11.1. The van der Waals surface area contributed by atoms with Crippen molar-refractivity contribution in [1.82, 2.24) is 0 Å². The number of rotatable bonds is 2. The molecule has 0 spiro atoms. The SMILES string of the molecule is Cc1cc(SC(F)(F)F)c(C#N)cc1S(=O)(=O)Cl. The van der Waals surface area contributed by atoms with E-state index in [9.17, 15) is 21.6 Å². The summed E-state index contributed by atoms with van der Waals surface area (Å²) in [6.07, 6.45) is 0. The summed E-state index contributed by atoms with van der Waals surface area (Å²) in [5, 5.41) is 8.73. The van der Waals surface area contributed by atoms with E-state index in [1.807, 2.05) is 0 Å². The first kappa shape index (κ1) is 15.1. The number of nitrogens with zero attached hydrogens (tertiary/aromatic N) is 1. The predicted octanol–water partition coefficient (Wildman–Crippen LogP) is 3.41. The summed E-state index contributed by atoms with van der Waals surface area (Å²) in [6, 6.07) is 3.33. The maximum atomic E-state index is 12.2. The van der Waals surface area contributed by atoms with Crippen LogP contribution in [0, 0.1) is 18.3 Å². The van der Waals surface area contributed by atoms with Crippen LogP contribution >= 0.6 is 22.4 Å². The van der Waals surface area contributed by atoms with Gasteiger partial charge in [-0.25, -0.2) is 8.42 Å². The molecule has 0 saturated carbocycles. The molecule has 1 aromatic rings. The molecule has 0 N–H and O–H groups in total. The van der Waals surface area contributed by atoms with Gasteiger partial charge in [0.15, 0.2) is 0 Å². The van der Waals surface area contributed by atoms with E-state index in [0.29, 0.717) is 0 Å². The lowest BCUT2D eigenvalue weighted by atomic mass is 10.2. The third-order valence-corrected chi connectivity index (χ3v) is 4.14. The molecule has 0 bridgehead atoms. The Bertz CT molecular complexity index is 620. The van der Waals surface area contributed by atoms with E-state index in [1.165, 1.54) is 13.0 Å². The van der Waals surface area contributed by atoms with E-state index in [2.05, 4.69) is 0 Å². The molecule has 9 heteroatoms. The van der Waals surface area contributed by atoms with Gasteiger partial charge in [-0.05, 0) is 36.4 Å². The first-order chi connectivity index (χ1) is 8.04. The van der Waals surface area contributed by atoms with E-state index in [-0.39, 0.29) is 20.9 Å². The van der Waals surface area contributed by atoms with Gasteiger partial charge in [-0.3, -0.25) is 0 Å². The van der Waals surface area contributed by atoms with Crippen LogP contribution in [0.2, 0.25) is 0 Å². The molecule has 0 aromatic heterocycles. The topological polar surface area (TPSA) is 57.9 Å². The van der Waals surface area contributed by atoms with Crippen molar-refractivity contribution in [2.75, 3.05) is 0 Å². The highest BCUT2D eigenvalue weighted by Crippen LogP contribution is 2.40. The Morgan fingerprint density at radius 3 is 2.33 bits per heavy atom. The van der Waals surface area contributed by atoms with E-state index < -0.39 is 26.3 Å². The summed E-state index contributed by atoms with van der Waals surface area (Å²) in [7, 11) is 1.02. The lowest BCUT2D eigenvalue weighted by Crippen LogP contribution is -2.02. The average molecular weight is 316 g/mol. The van der Waals surface area contributed by atoms with Crippen LogP contribution in [0.4, 0.5) is 13.2 Å². The molecule has 0 aliphatic heterocycles. The molecular weight excluding hydrogens is 311 g/mol. The van der Waals surface area contributed by atoms with Crippen molar-refractivity contribution in [1.29, 1.82) is 5.26 Å². The largest absolute Gasteiger partial charge is 0.446 e. The molecule has 1 rings (SSSR count). The second-order valence-corrected chi connectivity index (χ2v) is 6.85. The number of nitriles is 1. The summed E-state index contributed by atoms with van der Waals surface area (Å²) >= 11 is -0.475. The quantitative estimate of drug-likeness (QED) is 0.620. The molecule has 0 amide bonds. The Morgan fingerprint density at radius 2 is 1.94 bits per heavy atom. The highest BCUT2D eigenvalue weighted by molar-refractivity contribution is 8.13. The molecule has 0 atom stereocenters. The monoisotopic (exact) mass is 315 g/mol. The Morgan fingerprint density at radius 1 is 1.39 bits per heavy atom. The van der Waals surface area contributed by atoms with Crippen molar-refractivity contribution in [3.63, 3.8) is 0 Å². The van der Waals surface area contributed by atoms with Crippen LogP contribution in [0.25, 0.3) is 0 Å². The first-order valence-electron chi connectivity index (χ1n) is 4.30. The fraction of sp³-hybridized carbons (Fsp3) is 0.222. The van der Waals surface area contributed by atoms with E-state index >= 15 is 0 Å². The molecule has 0 fully saturated rings. The van der Waals surface area contributed by atoms with Crippen molar-refractivity contribution in [2.24, 2.45) is 0 Å². The average Bonchev–Trinajstić information content (AvgIpc) is 2.13. The Kier molecular flexibility index (Phi) is 4.20. The maximum Gasteiger partial charge on any atom is 0.446 e. The van der Waals surface area contributed by atoms with Crippen LogP contribution in [0.15, 0.2) is 21.9 Å². The van der Waals surface area contributed by atoms with E-state index in [0.717, 1.165) is 12.1 Å². The Labute approximate surface area is 110 Å². The van der Waals surface area contributed by atoms with Gasteiger partial charge in [0.25, 0.3) is 9.05 Å². The number of thioether (sulfide) groups is 1. The molecule has 98 valence electrons. The van der Waals surface area contributed by atoms with Gasteiger partial charge >= 0.3 is 5.51 Å². The normalized spacial score (nSPS) is 12.2. The fourth-order valence-corrected chi connectivity index (χ4v) is 3.12. The van der Waals surface area contributed by atoms with Crippen molar-refractivity contribution >= 4 is 31.5 Å². The minimum atomic E-state index is -4.56. The van der Waals surface area contributed by atoms with Gasteiger partial charge in [-0.2, -0.15) is 18.4 Å². The second kappa shape index (κ2) is 4.99. The Hall–Kier alpha value is -0.910. The molecule has 3 nitrogen and oxygen atoms in total. The zero-order chi connectivity index (χ0) is 14.1. The van der Waals surface area contributed by atoms with Gasteiger partial charge in [0, 0.05) is 15.6 Å². The van der Waals surface area contributed by atoms with Crippen LogP contribution in [0.5, 0.6) is 0 Å². The standard InChI is InChI=1S/C9H5ClF3NO2S2/c1-5-2-7(17-9(11,12)13)6(4-14)3-8(5)18(10,15)16/h2-3H,1H3. The van der Waals surface area contributed by atoms with Crippen LogP contribution in [-0.4, -0.2) is 13.9 Å². The maximum absolute atomic E-state index is 12.2. The number of benzene rings is 1. The molecule has 0 unspecified atom stereocenters. The van der Waals surface area contributed by atoms with Gasteiger partial charge < -0.3 is 0 Å². The number of hydrogen-bond donors (Lipinski definition) is 0. The third-order valence-electron chi connectivity index (χ3n) is 1.89. The molecule has 0 aliphatic rings. The van der Waals surface area contributed by atoms with Crippen molar-refractivity contribution in [3.05, 3.63) is 23.3 Å². The number of hydrogen-bond acceptors (Lipinski definition) is 4. The molecule has 18 heavy (non-hydrogen) atoms. The molecule has 0 saturated heterocycles. The lowest BCUT2D eigenvalue weighted by molar-refractivity contribution is -0.0328. The first-order valence-corrected chi connectivity index (χ1v) is 7.42. The summed E-state index contributed by atoms with van der Waals surface area (Å²) in [6.45, 7) is 1.30. The highest BCUT2D eigenvalue weighted by Gasteiger charge is 2.31. The van der Waals surface area contributed by atoms with Gasteiger partial charge in [0.05, 0.1) is 10.5 Å². The third kappa shape index (κ3) is 3.80. The van der Waals surface area contributed by atoms with Crippen LogP contribution in [-0.2, 0) is 9.05 Å². The van der Waals surface area contributed by atoms with E-state index in [1.54, 1.807) is 0 Å². The number of alkyl halides is 3. The molecule has 0 heterocycles. The molecule has 0 radical (unpaired) electrons. The summed E-state index contributed by atoms with van der Waals surface area (Å²) in [4.78, 5) is -0.723. The minimum absolute atomic E-state index is 0.0516. The van der Waals surface area contributed by atoms with Crippen molar-refractivity contribution in [2.45, 2.75) is 22.2 Å². The minimum Gasteiger partial charge on any atom is -0.207 e. The van der Waals surface area contributed by atoms with Crippen molar-refractivity contribution < 1.29 is 21.6 Å². The predicted molar refractivity (Wildman–Crippen MR) is 60.8 cm³/mol. The summed E-state index contributed by atoms with van der Waals surface area (Å²) in [5.41, 5.74) is -4.89. The van der Waals surface area contributed by atoms with Crippen LogP contribution in [0.1, 0.15) is 11.1 Å². The van der Waals surface area contributed by atoms with Crippen molar-refractivity contribution in [3.8, 4) is 6.07 Å². The zero-order valence-electron chi connectivity index (χ0n) is 8.75. The fourth-order valence-electron chi connectivity index (χ4n) is 1.22. The highest BCUT2D eigenvalue weighted by atomic mass is 35.7. The molecule has 1 aromatic carbocycles. The van der Waals surface area contributed by atoms with Gasteiger partial charge in [-0.15, -0.1) is 0 Å². The number of aryl methyl sites for hydroxylation is 1. The summed E-state index contributed by atoms with van der Waals surface area (Å²) < 4.78 is 59.0. The smallest absolute Gasteiger partial charge is 0.207 e.